The first-order chi connectivity index (χ1) is 13.6. The van der Waals surface area contributed by atoms with Gasteiger partial charge in [-0.2, -0.15) is 0 Å². The molecule has 3 rings (SSSR count). The van der Waals surface area contributed by atoms with Crippen LogP contribution in [0.25, 0.3) is 0 Å². The van der Waals surface area contributed by atoms with Gasteiger partial charge in [-0.25, -0.2) is 0 Å². The standard InChI is InChI=1S/C23H22ClNO2S/c1-16(23(26)28-21-6-4-3-5-7-21)22(17-8-10-18(24)11-9-17)25-19-12-14-20(27-2)15-13-19/h3-16,22,25H,1-2H3/t16-,22+/m1/s1. The van der Waals surface area contributed by atoms with Gasteiger partial charge in [-0.05, 0) is 54.1 Å². The van der Waals surface area contributed by atoms with E-state index in [2.05, 4.69) is 5.32 Å². The quantitative estimate of drug-likeness (QED) is 0.453. The first kappa shape index (κ1) is 20.3. The van der Waals surface area contributed by atoms with Crippen LogP contribution >= 0.6 is 23.4 Å². The van der Waals surface area contributed by atoms with Crippen molar-refractivity contribution in [3.8, 4) is 5.75 Å². The zero-order chi connectivity index (χ0) is 19.9. The lowest BCUT2D eigenvalue weighted by Gasteiger charge is -2.26. The molecule has 0 unspecified atom stereocenters. The largest absolute Gasteiger partial charge is 0.497 e. The minimum atomic E-state index is -0.256. The van der Waals surface area contributed by atoms with Gasteiger partial charge in [0.15, 0.2) is 5.12 Å². The van der Waals surface area contributed by atoms with Gasteiger partial charge in [-0.1, -0.05) is 60.6 Å². The maximum atomic E-state index is 13.0. The Hall–Kier alpha value is -2.43. The van der Waals surface area contributed by atoms with Crippen LogP contribution in [0.15, 0.2) is 83.8 Å². The Bertz CT molecular complexity index is 898. The van der Waals surface area contributed by atoms with Gasteiger partial charge < -0.3 is 10.1 Å². The van der Waals surface area contributed by atoms with E-state index in [9.17, 15) is 4.79 Å². The Morgan fingerprint density at radius 2 is 1.61 bits per heavy atom. The molecular formula is C23H22ClNO2S. The van der Waals surface area contributed by atoms with Crippen LogP contribution in [0.4, 0.5) is 5.69 Å². The topological polar surface area (TPSA) is 38.3 Å². The molecule has 0 heterocycles. The Labute approximate surface area is 175 Å². The van der Waals surface area contributed by atoms with Crippen molar-refractivity contribution in [3.05, 3.63) is 89.4 Å². The predicted octanol–water partition coefficient (Wildman–Crippen LogP) is 6.46. The number of benzene rings is 3. The zero-order valence-electron chi connectivity index (χ0n) is 15.8. The number of ether oxygens (including phenoxy) is 1. The van der Waals surface area contributed by atoms with E-state index in [4.69, 9.17) is 16.3 Å². The highest BCUT2D eigenvalue weighted by Gasteiger charge is 2.26. The molecule has 0 radical (unpaired) electrons. The molecule has 144 valence electrons. The maximum absolute atomic E-state index is 13.0. The summed E-state index contributed by atoms with van der Waals surface area (Å²) in [6.07, 6.45) is 0. The number of rotatable bonds is 7. The molecule has 3 aromatic carbocycles. The Kier molecular flexibility index (Phi) is 7.01. The second kappa shape index (κ2) is 9.67. The van der Waals surface area contributed by atoms with E-state index >= 15 is 0 Å². The third-order valence-corrected chi connectivity index (χ3v) is 5.81. The molecule has 5 heteroatoms. The number of halogens is 1. The molecular weight excluding hydrogens is 390 g/mol. The summed E-state index contributed by atoms with van der Waals surface area (Å²) in [5.74, 6) is 0.533. The summed E-state index contributed by atoms with van der Waals surface area (Å²) >= 11 is 7.32. The first-order valence-electron chi connectivity index (χ1n) is 8.99. The van der Waals surface area contributed by atoms with Crippen LogP contribution in [0.3, 0.4) is 0 Å². The lowest BCUT2D eigenvalue weighted by molar-refractivity contribution is -0.114. The molecule has 2 atom stereocenters. The Morgan fingerprint density at radius 3 is 2.21 bits per heavy atom. The number of thioether (sulfide) groups is 1. The molecule has 1 N–H and O–H groups in total. The number of hydrogen-bond acceptors (Lipinski definition) is 4. The lowest BCUT2D eigenvalue weighted by atomic mass is 9.95. The van der Waals surface area contributed by atoms with Crippen molar-refractivity contribution >= 4 is 34.2 Å². The molecule has 0 fully saturated rings. The van der Waals surface area contributed by atoms with Gasteiger partial charge in [-0.15, -0.1) is 0 Å². The molecule has 0 aliphatic carbocycles. The number of methoxy groups -OCH3 is 1. The maximum Gasteiger partial charge on any atom is 0.198 e. The SMILES string of the molecule is COc1ccc(N[C@H](c2ccc(Cl)cc2)[C@@H](C)C(=O)Sc2ccccc2)cc1. The summed E-state index contributed by atoms with van der Waals surface area (Å²) in [4.78, 5) is 13.9. The van der Waals surface area contributed by atoms with Gasteiger partial charge in [0.25, 0.3) is 0 Å². The van der Waals surface area contributed by atoms with Gasteiger partial charge in [-0.3, -0.25) is 4.79 Å². The van der Waals surface area contributed by atoms with Crippen LogP contribution in [-0.2, 0) is 4.79 Å². The monoisotopic (exact) mass is 411 g/mol. The average molecular weight is 412 g/mol. The van der Waals surface area contributed by atoms with Crippen molar-refractivity contribution in [3.63, 3.8) is 0 Å². The zero-order valence-corrected chi connectivity index (χ0v) is 17.3. The summed E-state index contributed by atoms with van der Waals surface area (Å²) in [5.41, 5.74) is 1.93. The van der Waals surface area contributed by atoms with Crippen LogP contribution in [0.1, 0.15) is 18.5 Å². The van der Waals surface area contributed by atoms with E-state index in [0.717, 1.165) is 21.9 Å². The van der Waals surface area contributed by atoms with Crippen LogP contribution in [0, 0.1) is 5.92 Å². The number of carbonyl (C=O) groups excluding carboxylic acids is 1. The van der Waals surface area contributed by atoms with Crippen LogP contribution in [-0.4, -0.2) is 12.2 Å². The molecule has 0 amide bonds. The molecule has 0 aliphatic heterocycles. The molecule has 3 nitrogen and oxygen atoms in total. The van der Waals surface area contributed by atoms with Gasteiger partial charge in [0.1, 0.15) is 5.75 Å². The molecule has 0 spiro atoms. The van der Waals surface area contributed by atoms with Gasteiger partial charge in [0.05, 0.1) is 19.1 Å². The van der Waals surface area contributed by atoms with Gasteiger partial charge >= 0.3 is 0 Å². The highest BCUT2D eigenvalue weighted by Crippen LogP contribution is 2.33. The fourth-order valence-corrected chi connectivity index (χ4v) is 3.84. The molecule has 0 aliphatic rings. The highest BCUT2D eigenvalue weighted by atomic mass is 35.5. The Balaban J connectivity index is 1.83. The number of nitrogens with one attached hydrogen (secondary N) is 1. The smallest absolute Gasteiger partial charge is 0.198 e. The fourth-order valence-electron chi connectivity index (χ4n) is 2.87. The van der Waals surface area contributed by atoms with Crippen LogP contribution in [0.5, 0.6) is 5.75 Å². The second-order valence-electron chi connectivity index (χ2n) is 6.42. The van der Waals surface area contributed by atoms with Crippen molar-refractivity contribution in [2.75, 3.05) is 12.4 Å². The van der Waals surface area contributed by atoms with E-state index in [-0.39, 0.29) is 17.1 Å². The van der Waals surface area contributed by atoms with E-state index < -0.39 is 0 Å². The van der Waals surface area contributed by atoms with Crippen molar-refractivity contribution in [2.24, 2.45) is 5.92 Å². The summed E-state index contributed by atoms with van der Waals surface area (Å²) < 4.78 is 5.22. The first-order valence-corrected chi connectivity index (χ1v) is 10.2. The summed E-state index contributed by atoms with van der Waals surface area (Å²) in [6.45, 7) is 1.95. The molecule has 0 aromatic heterocycles. The van der Waals surface area contributed by atoms with Crippen LogP contribution in [0.2, 0.25) is 5.02 Å². The minimum absolute atomic E-state index is 0.104. The third-order valence-electron chi connectivity index (χ3n) is 4.47. The van der Waals surface area contributed by atoms with E-state index in [0.29, 0.717) is 5.02 Å². The molecule has 0 saturated heterocycles. The lowest BCUT2D eigenvalue weighted by Crippen LogP contribution is -2.24. The number of carbonyl (C=O) groups is 1. The van der Waals surface area contributed by atoms with Gasteiger partial charge in [0, 0.05) is 15.6 Å². The summed E-state index contributed by atoms with van der Waals surface area (Å²) in [5, 5.41) is 4.27. The molecule has 0 saturated carbocycles. The Morgan fingerprint density at radius 1 is 0.964 bits per heavy atom. The van der Waals surface area contributed by atoms with Crippen LogP contribution < -0.4 is 10.1 Å². The van der Waals surface area contributed by atoms with E-state index in [1.165, 1.54) is 11.8 Å². The van der Waals surface area contributed by atoms with E-state index in [1.807, 2.05) is 85.8 Å². The number of hydrogen-bond donors (Lipinski definition) is 1. The van der Waals surface area contributed by atoms with Crippen molar-refractivity contribution < 1.29 is 9.53 Å². The molecule has 0 bridgehead atoms. The second-order valence-corrected chi connectivity index (χ2v) is 7.94. The summed E-state index contributed by atoms with van der Waals surface area (Å²) in [7, 11) is 1.64. The van der Waals surface area contributed by atoms with Crippen molar-refractivity contribution in [2.45, 2.75) is 17.9 Å². The van der Waals surface area contributed by atoms with Crippen molar-refractivity contribution in [1.29, 1.82) is 0 Å². The number of anilines is 1. The molecule has 3 aromatic rings. The van der Waals surface area contributed by atoms with Gasteiger partial charge in [0.2, 0.25) is 0 Å². The van der Waals surface area contributed by atoms with Crippen molar-refractivity contribution in [1.82, 2.24) is 0 Å². The predicted molar refractivity (Wildman–Crippen MR) is 117 cm³/mol. The fraction of sp³-hybridized carbons (Fsp3) is 0.174. The highest BCUT2D eigenvalue weighted by molar-refractivity contribution is 8.13. The van der Waals surface area contributed by atoms with E-state index in [1.54, 1.807) is 7.11 Å². The minimum Gasteiger partial charge on any atom is -0.497 e. The average Bonchev–Trinajstić information content (AvgIpc) is 2.73. The molecule has 28 heavy (non-hydrogen) atoms. The summed E-state index contributed by atoms with van der Waals surface area (Å²) in [6, 6.07) is 24.8. The normalized spacial score (nSPS) is 12.8. The third kappa shape index (κ3) is 5.31.